The number of nitrogens with zero attached hydrogens (tertiary/aromatic N) is 2. The minimum atomic E-state index is -1.12. The Hall–Kier alpha value is -3.14. The summed E-state index contributed by atoms with van der Waals surface area (Å²) in [6.07, 6.45) is -0.0939. The van der Waals surface area contributed by atoms with Crippen molar-refractivity contribution in [1.29, 1.82) is 0 Å². The lowest BCUT2D eigenvalue weighted by Crippen LogP contribution is -2.62. The molecule has 0 aliphatic carbocycles. The lowest BCUT2D eigenvalue weighted by molar-refractivity contribution is -0.164. The van der Waals surface area contributed by atoms with Gasteiger partial charge in [0.1, 0.15) is 29.5 Å². The summed E-state index contributed by atoms with van der Waals surface area (Å²) in [4.78, 5) is 53.4. The average Bonchev–Trinajstić information content (AvgIpc) is 2.75. The summed E-state index contributed by atoms with van der Waals surface area (Å²) in [6, 6.07) is 5.27. The number of hydrogen-bond donors (Lipinski definition) is 1. The highest BCUT2D eigenvalue weighted by atomic mass is 16.6. The van der Waals surface area contributed by atoms with Gasteiger partial charge < -0.3 is 29.7 Å². The molecule has 10 heteroatoms. The number of ether oxygens (including phenoxy) is 3. The molecule has 1 heterocycles. The van der Waals surface area contributed by atoms with E-state index in [0.29, 0.717) is 5.75 Å². The number of esters is 2. The van der Waals surface area contributed by atoms with E-state index in [2.05, 4.69) is 0 Å². The van der Waals surface area contributed by atoms with Gasteiger partial charge in [-0.15, -0.1) is 0 Å². The second kappa shape index (κ2) is 11.7. The van der Waals surface area contributed by atoms with E-state index in [1.807, 2.05) is 45.0 Å². The van der Waals surface area contributed by atoms with Gasteiger partial charge in [-0.1, -0.05) is 12.1 Å². The van der Waals surface area contributed by atoms with Crippen LogP contribution >= 0.6 is 0 Å². The highest BCUT2D eigenvalue weighted by Gasteiger charge is 2.41. The van der Waals surface area contributed by atoms with Crippen molar-refractivity contribution in [3.63, 3.8) is 0 Å². The fourth-order valence-electron chi connectivity index (χ4n) is 3.83. The van der Waals surface area contributed by atoms with E-state index in [-0.39, 0.29) is 38.1 Å². The SMILES string of the molecule is COC(=O)CC1C(=O)N(CC(=O)OC(C)(C)C)CCN1C(=O)[C@@H](N)Cc1ccc(OC(C)(C)C)cc1. The molecule has 0 aromatic heterocycles. The van der Waals surface area contributed by atoms with Gasteiger partial charge in [-0.25, -0.2) is 0 Å². The number of rotatable bonds is 8. The van der Waals surface area contributed by atoms with Gasteiger partial charge in [-0.05, 0) is 65.7 Å². The summed E-state index contributed by atoms with van der Waals surface area (Å²) in [5.41, 5.74) is 6.03. The molecule has 1 aliphatic heterocycles. The second-order valence-corrected chi connectivity index (χ2v) is 10.8. The van der Waals surface area contributed by atoms with Crippen LogP contribution in [0, 0.1) is 0 Å². The molecule has 1 unspecified atom stereocenters. The first-order valence-corrected chi connectivity index (χ1v) is 12.0. The van der Waals surface area contributed by atoms with E-state index in [1.165, 1.54) is 16.9 Å². The first kappa shape index (κ1) is 29.1. The highest BCUT2D eigenvalue weighted by molar-refractivity contribution is 5.94. The van der Waals surface area contributed by atoms with Gasteiger partial charge in [0.2, 0.25) is 11.8 Å². The van der Waals surface area contributed by atoms with Crippen LogP contribution in [0.25, 0.3) is 0 Å². The van der Waals surface area contributed by atoms with Crippen molar-refractivity contribution in [2.75, 3.05) is 26.7 Å². The lowest BCUT2D eigenvalue weighted by atomic mass is 10.0. The number of methoxy groups -OCH3 is 1. The van der Waals surface area contributed by atoms with E-state index in [1.54, 1.807) is 20.8 Å². The van der Waals surface area contributed by atoms with Crippen molar-refractivity contribution in [2.24, 2.45) is 5.73 Å². The Labute approximate surface area is 213 Å². The van der Waals surface area contributed by atoms with Gasteiger partial charge in [0.15, 0.2) is 0 Å². The van der Waals surface area contributed by atoms with Crippen LogP contribution in [-0.2, 0) is 35.1 Å². The Kier molecular flexibility index (Phi) is 9.48. The van der Waals surface area contributed by atoms with E-state index in [0.717, 1.165) is 5.56 Å². The summed E-state index contributed by atoms with van der Waals surface area (Å²) in [6.45, 7) is 11.0. The van der Waals surface area contributed by atoms with Gasteiger partial charge in [0.05, 0.1) is 19.6 Å². The predicted molar refractivity (Wildman–Crippen MR) is 133 cm³/mol. The van der Waals surface area contributed by atoms with Crippen LogP contribution in [0.5, 0.6) is 5.75 Å². The van der Waals surface area contributed by atoms with Gasteiger partial charge >= 0.3 is 11.9 Å². The van der Waals surface area contributed by atoms with Gasteiger partial charge in [0.25, 0.3) is 0 Å². The largest absolute Gasteiger partial charge is 0.488 e. The van der Waals surface area contributed by atoms with E-state index in [9.17, 15) is 19.2 Å². The molecule has 2 atom stereocenters. The number of benzene rings is 1. The van der Waals surface area contributed by atoms with Crippen LogP contribution in [-0.4, -0.2) is 83.6 Å². The Balaban J connectivity index is 2.11. The topological polar surface area (TPSA) is 128 Å². The summed E-state index contributed by atoms with van der Waals surface area (Å²) >= 11 is 0. The number of amides is 2. The third-order valence-corrected chi connectivity index (χ3v) is 5.31. The molecule has 2 amide bonds. The fourth-order valence-corrected chi connectivity index (χ4v) is 3.83. The van der Waals surface area contributed by atoms with E-state index >= 15 is 0 Å². The van der Waals surface area contributed by atoms with Crippen LogP contribution in [0.15, 0.2) is 24.3 Å². The molecule has 1 saturated heterocycles. The molecule has 0 saturated carbocycles. The molecular weight excluding hydrogens is 466 g/mol. The van der Waals surface area contributed by atoms with Crippen LogP contribution in [0.2, 0.25) is 0 Å². The van der Waals surface area contributed by atoms with E-state index < -0.39 is 41.4 Å². The van der Waals surface area contributed by atoms with Gasteiger partial charge in [-0.3, -0.25) is 19.2 Å². The Bertz CT molecular complexity index is 948. The Morgan fingerprint density at radius 1 is 1.00 bits per heavy atom. The Morgan fingerprint density at radius 2 is 1.61 bits per heavy atom. The van der Waals surface area contributed by atoms with Crippen LogP contribution in [0.1, 0.15) is 53.5 Å². The Morgan fingerprint density at radius 3 is 2.14 bits per heavy atom. The number of carbonyl (C=O) groups excluding carboxylic acids is 4. The molecule has 0 spiro atoms. The zero-order chi connectivity index (χ0) is 27.3. The minimum Gasteiger partial charge on any atom is -0.488 e. The lowest BCUT2D eigenvalue weighted by Gasteiger charge is -2.41. The third kappa shape index (κ3) is 8.82. The standard InChI is InChI=1S/C26H39N3O7/c1-25(2,3)35-18-10-8-17(9-11-18)14-19(27)23(32)29-13-12-28(16-22(31)36-26(4,5)6)24(33)20(29)15-21(30)34-7/h8-11,19-20H,12-16,27H2,1-7H3/t19-,20?/m0/s1. The molecular formula is C26H39N3O7. The maximum atomic E-state index is 13.3. The number of carbonyl (C=O) groups is 4. The molecule has 1 aromatic carbocycles. The zero-order valence-electron chi connectivity index (χ0n) is 22.3. The molecule has 0 bridgehead atoms. The minimum absolute atomic E-state index is 0.118. The molecule has 1 fully saturated rings. The van der Waals surface area contributed by atoms with Crippen LogP contribution in [0.3, 0.4) is 0 Å². The van der Waals surface area contributed by atoms with Crippen molar-refractivity contribution in [3.05, 3.63) is 29.8 Å². The van der Waals surface area contributed by atoms with Crippen molar-refractivity contribution in [1.82, 2.24) is 9.80 Å². The molecule has 2 rings (SSSR count). The maximum absolute atomic E-state index is 13.3. The van der Waals surface area contributed by atoms with Crippen molar-refractivity contribution >= 4 is 23.8 Å². The monoisotopic (exact) mass is 505 g/mol. The van der Waals surface area contributed by atoms with Crippen molar-refractivity contribution < 1.29 is 33.4 Å². The van der Waals surface area contributed by atoms with Crippen LogP contribution in [0.4, 0.5) is 0 Å². The summed E-state index contributed by atoms with van der Waals surface area (Å²) in [5.74, 6) is -1.49. The first-order valence-electron chi connectivity index (χ1n) is 12.0. The molecule has 10 nitrogen and oxygen atoms in total. The van der Waals surface area contributed by atoms with Crippen molar-refractivity contribution in [2.45, 2.75) is 77.7 Å². The average molecular weight is 506 g/mol. The molecule has 1 aliphatic rings. The smallest absolute Gasteiger partial charge is 0.326 e. The first-order chi connectivity index (χ1) is 16.6. The molecule has 36 heavy (non-hydrogen) atoms. The summed E-state index contributed by atoms with van der Waals surface area (Å²) < 4.78 is 15.9. The predicted octanol–water partition coefficient (Wildman–Crippen LogP) is 1.68. The molecule has 1 aromatic rings. The summed E-state index contributed by atoms with van der Waals surface area (Å²) in [7, 11) is 1.21. The molecule has 0 radical (unpaired) electrons. The quantitative estimate of drug-likeness (QED) is 0.529. The summed E-state index contributed by atoms with van der Waals surface area (Å²) in [5, 5.41) is 0. The van der Waals surface area contributed by atoms with Crippen molar-refractivity contribution in [3.8, 4) is 5.75 Å². The van der Waals surface area contributed by atoms with E-state index in [4.69, 9.17) is 19.9 Å². The number of hydrogen-bond acceptors (Lipinski definition) is 8. The number of piperazine rings is 1. The fraction of sp³-hybridized carbons (Fsp3) is 0.615. The number of nitrogens with two attached hydrogens (primary N) is 1. The highest BCUT2D eigenvalue weighted by Crippen LogP contribution is 2.21. The van der Waals surface area contributed by atoms with Gasteiger partial charge in [-0.2, -0.15) is 0 Å². The van der Waals surface area contributed by atoms with Gasteiger partial charge in [0, 0.05) is 13.1 Å². The second-order valence-electron chi connectivity index (χ2n) is 10.8. The normalized spacial score (nSPS) is 17.4. The van der Waals surface area contributed by atoms with Crippen LogP contribution < -0.4 is 10.5 Å². The third-order valence-electron chi connectivity index (χ3n) is 5.31. The molecule has 200 valence electrons. The molecule has 2 N–H and O–H groups in total. The maximum Gasteiger partial charge on any atom is 0.326 e. The zero-order valence-corrected chi connectivity index (χ0v) is 22.3.